The smallest absolute Gasteiger partial charge is 0.259 e. The van der Waals surface area contributed by atoms with Gasteiger partial charge >= 0.3 is 0 Å². The summed E-state index contributed by atoms with van der Waals surface area (Å²) in [5.74, 6) is 1.04. The molecule has 2 aromatic heterocycles. The molecule has 0 fully saturated rings. The molecule has 2 amide bonds. The molecule has 3 aromatic carbocycles. The van der Waals surface area contributed by atoms with E-state index in [4.69, 9.17) is 9.72 Å². The van der Waals surface area contributed by atoms with Crippen LogP contribution in [0.15, 0.2) is 48.5 Å². The Morgan fingerprint density at radius 2 is 1.73 bits per heavy atom. The van der Waals surface area contributed by atoms with E-state index in [9.17, 15) is 9.59 Å². The fraction of sp³-hybridized carbons (Fsp3) is 0.214. The minimum absolute atomic E-state index is 0.0159. The van der Waals surface area contributed by atoms with Crippen LogP contribution >= 0.6 is 11.3 Å². The van der Waals surface area contributed by atoms with Gasteiger partial charge in [0, 0.05) is 30.9 Å². The number of amides is 2. The van der Waals surface area contributed by atoms with Crippen LogP contribution in [0.25, 0.3) is 32.6 Å². The van der Waals surface area contributed by atoms with Gasteiger partial charge in [0.1, 0.15) is 11.6 Å². The van der Waals surface area contributed by atoms with Crippen molar-refractivity contribution >= 4 is 50.1 Å². The van der Waals surface area contributed by atoms with Crippen molar-refractivity contribution in [3.05, 3.63) is 70.2 Å². The summed E-state index contributed by atoms with van der Waals surface area (Å²) >= 11 is 1.63. The zero-order valence-electron chi connectivity index (χ0n) is 21.3. The van der Waals surface area contributed by atoms with E-state index in [0.717, 1.165) is 42.9 Å². The maximum absolute atomic E-state index is 13.0. The Labute approximate surface area is 218 Å². The number of carbonyl (C=O) groups is 2. The van der Waals surface area contributed by atoms with E-state index in [2.05, 4.69) is 15.3 Å². The molecule has 2 N–H and O–H groups in total. The minimum atomic E-state index is -0.203. The van der Waals surface area contributed by atoms with Crippen LogP contribution in [0.5, 0.6) is 5.75 Å². The highest BCUT2D eigenvalue weighted by molar-refractivity contribution is 7.18. The fourth-order valence-corrected chi connectivity index (χ4v) is 5.06. The largest absolute Gasteiger partial charge is 0.484 e. The Bertz CT molecular complexity index is 1640. The number of likely N-dealkylation sites (N-methyl/N-ethyl adjacent to an activating group) is 1. The molecule has 0 aliphatic rings. The van der Waals surface area contributed by atoms with Gasteiger partial charge in [0.15, 0.2) is 6.61 Å². The number of imidazole rings is 1. The quantitative estimate of drug-likeness (QED) is 0.313. The number of aromatic nitrogens is 3. The summed E-state index contributed by atoms with van der Waals surface area (Å²) in [5, 5.41) is 3.96. The molecule has 0 unspecified atom stereocenters. The first-order valence-corrected chi connectivity index (χ1v) is 12.6. The molecule has 0 saturated carbocycles. The molecule has 8 nitrogen and oxygen atoms in total. The van der Waals surface area contributed by atoms with Gasteiger partial charge in [0.2, 0.25) is 0 Å². The Hall–Kier alpha value is -4.24. The molecular weight excluding hydrogens is 486 g/mol. The second-order valence-electron chi connectivity index (χ2n) is 9.20. The maximum Gasteiger partial charge on any atom is 0.259 e. The minimum Gasteiger partial charge on any atom is -0.484 e. The van der Waals surface area contributed by atoms with Gasteiger partial charge < -0.3 is 19.9 Å². The van der Waals surface area contributed by atoms with Crippen LogP contribution in [0.4, 0.5) is 5.69 Å². The highest BCUT2D eigenvalue weighted by atomic mass is 32.1. The number of rotatable bonds is 6. The van der Waals surface area contributed by atoms with Gasteiger partial charge in [-0.25, -0.2) is 9.97 Å². The number of H-pyrrole nitrogens is 1. The molecule has 37 heavy (non-hydrogen) atoms. The van der Waals surface area contributed by atoms with Crippen LogP contribution in [-0.2, 0) is 4.79 Å². The van der Waals surface area contributed by atoms with E-state index in [1.807, 2.05) is 63.2 Å². The molecule has 0 bridgehead atoms. The average Bonchev–Trinajstić information content (AvgIpc) is 3.43. The Kier molecular flexibility index (Phi) is 6.39. The van der Waals surface area contributed by atoms with Crippen molar-refractivity contribution in [2.45, 2.75) is 20.8 Å². The van der Waals surface area contributed by atoms with Crippen molar-refractivity contribution in [3.63, 3.8) is 0 Å². The van der Waals surface area contributed by atoms with E-state index in [0.29, 0.717) is 22.8 Å². The highest BCUT2D eigenvalue weighted by Crippen LogP contribution is 2.31. The van der Waals surface area contributed by atoms with Crippen molar-refractivity contribution in [1.29, 1.82) is 0 Å². The van der Waals surface area contributed by atoms with Gasteiger partial charge in [0.25, 0.3) is 11.8 Å². The topological polar surface area (TPSA) is 100 Å². The summed E-state index contributed by atoms with van der Waals surface area (Å²) in [5.41, 5.74) is 6.54. The molecule has 0 aliphatic carbocycles. The lowest BCUT2D eigenvalue weighted by molar-refractivity contribution is -0.130. The number of anilines is 1. The molecule has 5 aromatic rings. The number of nitrogens with zero attached hydrogens (tertiary/aromatic N) is 3. The molecule has 0 aliphatic heterocycles. The Morgan fingerprint density at radius 1 is 0.973 bits per heavy atom. The first kappa shape index (κ1) is 24.5. The molecule has 9 heteroatoms. The van der Waals surface area contributed by atoms with Crippen LogP contribution in [0.3, 0.4) is 0 Å². The number of fused-ring (bicyclic) bond motifs is 2. The van der Waals surface area contributed by atoms with Gasteiger partial charge in [-0.2, -0.15) is 0 Å². The molecule has 188 valence electrons. The zero-order valence-corrected chi connectivity index (χ0v) is 22.1. The predicted molar refractivity (Wildman–Crippen MR) is 148 cm³/mol. The summed E-state index contributed by atoms with van der Waals surface area (Å²) < 4.78 is 6.78. The zero-order chi connectivity index (χ0) is 26.3. The van der Waals surface area contributed by atoms with Crippen LogP contribution in [0.2, 0.25) is 0 Å². The van der Waals surface area contributed by atoms with Crippen molar-refractivity contribution in [3.8, 4) is 17.1 Å². The van der Waals surface area contributed by atoms with Crippen molar-refractivity contribution in [2.24, 2.45) is 0 Å². The van der Waals surface area contributed by atoms with Gasteiger partial charge in [-0.3, -0.25) is 9.59 Å². The number of thiazole rings is 1. The fourth-order valence-electron chi connectivity index (χ4n) is 4.25. The molecule has 0 saturated heterocycles. The Morgan fingerprint density at radius 3 is 2.46 bits per heavy atom. The third kappa shape index (κ3) is 5.03. The van der Waals surface area contributed by atoms with Gasteiger partial charge in [-0.1, -0.05) is 0 Å². The number of ether oxygens (including phenoxy) is 1. The van der Waals surface area contributed by atoms with Crippen molar-refractivity contribution < 1.29 is 14.3 Å². The van der Waals surface area contributed by atoms with Crippen LogP contribution < -0.4 is 10.1 Å². The van der Waals surface area contributed by atoms with E-state index in [-0.39, 0.29) is 18.4 Å². The number of hydrogen-bond acceptors (Lipinski definition) is 6. The maximum atomic E-state index is 13.0. The van der Waals surface area contributed by atoms with Gasteiger partial charge in [-0.15, -0.1) is 11.3 Å². The van der Waals surface area contributed by atoms with Gasteiger partial charge in [-0.05, 0) is 80.4 Å². The average molecular weight is 514 g/mol. The lowest BCUT2D eigenvalue weighted by Gasteiger charge is -2.14. The summed E-state index contributed by atoms with van der Waals surface area (Å²) in [6.45, 7) is 5.92. The summed E-state index contributed by atoms with van der Waals surface area (Å²) in [4.78, 5) is 38.9. The normalized spacial score (nSPS) is 11.2. The molecular formula is C28H27N5O3S. The number of aryl methyl sites for hydroxylation is 3. The van der Waals surface area contributed by atoms with Crippen LogP contribution in [0.1, 0.15) is 26.5 Å². The number of carbonyl (C=O) groups excluding carboxylic acids is 2. The van der Waals surface area contributed by atoms with Crippen LogP contribution in [-0.4, -0.2) is 52.4 Å². The third-order valence-corrected chi connectivity index (χ3v) is 7.05. The second kappa shape index (κ2) is 9.67. The lowest BCUT2D eigenvalue weighted by atomic mass is 10.0. The summed E-state index contributed by atoms with van der Waals surface area (Å²) in [7, 11) is 3.40. The lowest BCUT2D eigenvalue weighted by Crippen LogP contribution is -2.27. The van der Waals surface area contributed by atoms with Crippen LogP contribution in [0, 0.1) is 20.8 Å². The SMILES string of the molecule is Cc1nc2cc(NC(=O)c3ccc4nc(-c5c(C)cc(OCC(=O)N(C)C)cc5C)[nH]c4c3)ccc2s1. The summed E-state index contributed by atoms with van der Waals surface area (Å²) in [6, 6.07) is 15.0. The molecule has 0 radical (unpaired) electrons. The molecule has 0 atom stereocenters. The van der Waals surface area contributed by atoms with E-state index in [1.54, 1.807) is 31.5 Å². The number of hydrogen-bond donors (Lipinski definition) is 2. The number of aromatic amines is 1. The molecule has 0 spiro atoms. The molecule has 2 heterocycles. The summed E-state index contributed by atoms with van der Waals surface area (Å²) in [6.07, 6.45) is 0. The Balaban J connectivity index is 1.37. The first-order valence-electron chi connectivity index (χ1n) is 11.8. The van der Waals surface area contributed by atoms with E-state index in [1.165, 1.54) is 4.90 Å². The highest BCUT2D eigenvalue weighted by Gasteiger charge is 2.15. The third-order valence-electron chi connectivity index (χ3n) is 6.10. The standard InChI is InChI=1S/C28H27N5O3S/c1-15-10-20(36-14-25(34)33(4)5)11-16(2)26(15)27-31-21-8-6-18(12-22(21)32-27)28(35)30-19-7-9-24-23(13-19)29-17(3)37-24/h6-13H,14H2,1-5H3,(H,30,35)(H,31,32). The number of nitrogens with one attached hydrogen (secondary N) is 2. The first-order chi connectivity index (χ1) is 17.7. The molecule has 5 rings (SSSR count). The number of benzene rings is 3. The second-order valence-corrected chi connectivity index (χ2v) is 10.4. The van der Waals surface area contributed by atoms with E-state index >= 15 is 0 Å². The van der Waals surface area contributed by atoms with Crippen molar-refractivity contribution in [1.82, 2.24) is 19.9 Å². The monoisotopic (exact) mass is 513 g/mol. The predicted octanol–water partition coefficient (Wildman–Crippen LogP) is 5.48. The van der Waals surface area contributed by atoms with E-state index < -0.39 is 0 Å². The van der Waals surface area contributed by atoms with Crippen molar-refractivity contribution in [2.75, 3.05) is 26.0 Å². The van der Waals surface area contributed by atoms with Gasteiger partial charge in [0.05, 0.1) is 26.3 Å².